The summed E-state index contributed by atoms with van der Waals surface area (Å²) in [6, 6.07) is -1.47. The van der Waals surface area contributed by atoms with Crippen molar-refractivity contribution in [2.75, 3.05) is 13.2 Å². The number of nitrogens with one attached hydrogen (secondary N) is 2. The van der Waals surface area contributed by atoms with Gasteiger partial charge in [0.1, 0.15) is 6.04 Å². The Balaban J connectivity index is 4.52. The highest BCUT2D eigenvalue weighted by atomic mass is 16.5. The van der Waals surface area contributed by atoms with Crippen LogP contribution in [0.2, 0.25) is 0 Å². The molecule has 0 heterocycles. The first-order chi connectivity index (χ1) is 9.33. The maximum Gasteiger partial charge on any atom is 0.326 e. The molecule has 20 heavy (non-hydrogen) atoms. The van der Waals surface area contributed by atoms with Crippen molar-refractivity contribution < 1.29 is 19.4 Å². The number of carbonyl (C=O) groups excluding carboxylic acids is 1. The zero-order chi connectivity index (χ0) is 15.7. The molecule has 118 valence electrons. The minimum absolute atomic E-state index is 0.123. The highest BCUT2D eigenvalue weighted by Gasteiger charge is 2.26. The lowest BCUT2D eigenvalue weighted by Gasteiger charge is -2.25. The normalized spacial score (nSPS) is 15.5. The standard InChI is InChI=1S/C14H28N2O4/c1-6-10(5)12(13(17)18)16-14(19)15-11(9(3)4)8-20-7-2/h9-12H,6-8H2,1-5H3,(H,17,18)(H2,15,16,19). The monoisotopic (exact) mass is 288 g/mol. The van der Waals surface area contributed by atoms with Crippen LogP contribution < -0.4 is 10.6 Å². The van der Waals surface area contributed by atoms with Gasteiger partial charge in [-0.25, -0.2) is 9.59 Å². The summed E-state index contributed by atoms with van der Waals surface area (Å²) < 4.78 is 5.32. The molecule has 3 N–H and O–H groups in total. The van der Waals surface area contributed by atoms with Crippen LogP contribution in [0.4, 0.5) is 4.79 Å². The summed E-state index contributed by atoms with van der Waals surface area (Å²) in [5.41, 5.74) is 0. The van der Waals surface area contributed by atoms with E-state index in [1.54, 1.807) is 6.92 Å². The fourth-order valence-electron chi connectivity index (χ4n) is 1.68. The molecule has 6 nitrogen and oxygen atoms in total. The van der Waals surface area contributed by atoms with Crippen molar-refractivity contribution in [3.05, 3.63) is 0 Å². The Morgan fingerprint density at radius 3 is 2.15 bits per heavy atom. The maximum atomic E-state index is 11.9. The van der Waals surface area contributed by atoms with Crippen molar-refractivity contribution in [1.82, 2.24) is 10.6 Å². The van der Waals surface area contributed by atoms with Crippen molar-refractivity contribution in [2.45, 2.75) is 53.1 Å². The van der Waals surface area contributed by atoms with Crippen LogP contribution in [-0.4, -0.2) is 42.4 Å². The van der Waals surface area contributed by atoms with Crippen LogP contribution in [0.5, 0.6) is 0 Å². The van der Waals surface area contributed by atoms with E-state index in [2.05, 4.69) is 10.6 Å². The van der Waals surface area contributed by atoms with Gasteiger partial charge in [0.25, 0.3) is 0 Å². The van der Waals surface area contributed by atoms with E-state index >= 15 is 0 Å². The fourth-order valence-corrected chi connectivity index (χ4v) is 1.68. The van der Waals surface area contributed by atoms with Gasteiger partial charge in [-0.1, -0.05) is 34.1 Å². The zero-order valence-corrected chi connectivity index (χ0v) is 13.1. The van der Waals surface area contributed by atoms with Crippen molar-refractivity contribution in [3.63, 3.8) is 0 Å². The minimum atomic E-state index is -1.01. The zero-order valence-electron chi connectivity index (χ0n) is 13.1. The number of aliphatic carboxylic acids is 1. The van der Waals surface area contributed by atoms with Gasteiger partial charge in [0.2, 0.25) is 0 Å². The number of amides is 2. The second-order valence-corrected chi connectivity index (χ2v) is 5.33. The first kappa shape index (κ1) is 18.7. The van der Waals surface area contributed by atoms with Crippen molar-refractivity contribution in [3.8, 4) is 0 Å². The molecular weight excluding hydrogens is 260 g/mol. The van der Waals surface area contributed by atoms with E-state index in [1.807, 2.05) is 27.7 Å². The van der Waals surface area contributed by atoms with Gasteiger partial charge in [-0.3, -0.25) is 0 Å². The van der Waals surface area contributed by atoms with E-state index in [9.17, 15) is 9.59 Å². The molecule has 6 heteroatoms. The number of rotatable bonds is 9. The molecule has 3 atom stereocenters. The van der Waals surface area contributed by atoms with Crippen molar-refractivity contribution >= 4 is 12.0 Å². The van der Waals surface area contributed by atoms with Crippen LogP contribution in [0.15, 0.2) is 0 Å². The number of carbonyl (C=O) groups is 2. The SMILES string of the molecule is CCOCC(NC(=O)NC(C(=O)O)C(C)CC)C(C)C. The summed E-state index contributed by atoms with van der Waals surface area (Å²) in [7, 11) is 0. The van der Waals surface area contributed by atoms with E-state index < -0.39 is 18.0 Å². The van der Waals surface area contributed by atoms with Crippen molar-refractivity contribution in [1.29, 1.82) is 0 Å². The van der Waals surface area contributed by atoms with Gasteiger partial charge < -0.3 is 20.5 Å². The largest absolute Gasteiger partial charge is 0.480 e. The van der Waals surface area contributed by atoms with E-state index in [4.69, 9.17) is 9.84 Å². The number of urea groups is 1. The predicted octanol–water partition coefficient (Wildman–Crippen LogP) is 1.85. The Hall–Kier alpha value is -1.30. The van der Waals surface area contributed by atoms with Gasteiger partial charge in [0, 0.05) is 6.61 Å². The Morgan fingerprint density at radius 2 is 1.75 bits per heavy atom. The predicted molar refractivity (Wildman–Crippen MR) is 77.7 cm³/mol. The highest BCUT2D eigenvalue weighted by molar-refractivity contribution is 5.82. The van der Waals surface area contributed by atoms with E-state index in [0.717, 1.165) is 0 Å². The summed E-state index contributed by atoms with van der Waals surface area (Å²) >= 11 is 0. The van der Waals surface area contributed by atoms with Gasteiger partial charge in [0.05, 0.1) is 12.6 Å². The number of hydrogen-bond donors (Lipinski definition) is 3. The molecule has 0 fully saturated rings. The number of hydrogen-bond acceptors (Lipinski definition) is 3. The molecule has 0 aliphatic heterocycles. The molecule has 0 aliphatic carbocycles. The summed E-state index contributed by atoms with van der Waals surface area (Å²) in [6.07, 6.45) is 0.684. The average molecular weight is 288 g/mol. The molecule has 0 aromatic rings. The molecule has 0 aromatic carbocycles. The highest BCUT2D eigenvalue weighted by Crippen LogP contribution is 2.08. The van der Waals surface area contributed by atoms with Crippen LogP contribution >= 0.6 is 0 Å². The number of ether oxygens (including phenoxy) is 1. The van der Waals surface area contributed by atoms with Crippen LogP contribution in [0.25, 0.3) is 0 Å². The molecule has 0 spiro atoms. The van der Waals surface area contributed by atoms with Crippen LogP contribution in [0.1, 0.15) is 41.0 Å². The van der Waals surface area contributed by atoms with Gasteiger partial charge in [0.15, 0.2) is 0 Å². The molecular formula is C14H28N2O4. The molecule has 0 rings (SSSR count). The lowest BCUT2D eigenvalue weighted by molar-refractivity contribution is -0.140. The van der Waals surface area contributed by atoms with Crippen LogP contribution in [0, 0.1) is 11.8 Å². The van der Waals surface area contributed by atoms with Crippen LogP contribution in [-0.2, 0) is 9.53 Å². The lowest BCUT2D eigenvalue weighted by atomic mass is 9.99. The molecule has 3 unspecified atom stereocenters. The summed E-state index contributed by atoms with van der Waals surface area (Å²) in [5.74, 6) is -0.928. The average Bonchev–Trinajstić information content (AvgIpc) is 2.39. The quantitative estimate of drug-likeness (QED) is 0.604. The van der Waals surface area contributed by atoms with Crippen LogP contribution in [0.3, 0.4) is 0 Å². The second-order valence-electron chi connectivity index (χ2n) is 5.33. The maximum absolute atomic E-state index is 11.9. The smallest absolute Gasteiger partial charge is 0.326 e. The third kappa shape index (κ3) is 6.75. The van der Waals surface area contributed by atoms with Crippen molar-refractivity contribution in [2.24, 2.45) is 11.8 Å². The summed E-state index contributed by atoms with van der Waals surface area (Å²) in [4.78, 5) is 23.1. The molecule has 0 saturated carbocycles. The minimum Gasteiger partial charge on any atom is -0.480 e. The molecule has 0 radical (unpaired) electrons. The first-order valence-corrected chi connectivity index (χ1v) is 7.20. The fraction of sp³-hybridized carbons (Fsp3) is 0.857. The Kier molecular flexibility index (Phi) is 8.96. The first-order valence-electron chi connectivity index (χ1n) is 7.20. The lowest BCUT2D eigenvalue weighted by Crippen LogP contribution is -2.53. The van der Waals surface area contributed by atoms with Gasteiger partial charge in [-0.2, -0.15) is 0 Å². The summed E-state index contributed by atoms with van der Waals surface area (Å²) in [5, 5.41) is 14.4. The Bertz CT molecular complexity index is 308. The topological polar surface area (TPSA) is 87.7 Å². The molecule has 0 saturated heterocycles. The molecule has 0 bridgehead atoms. The van der Waals surface area contributed by atoms with E-state index in [1.165, 1.54) is 0 Å². The van der Waals surface area contributed by atoms with Gasteiger partial charge in [-0.15, -0.1) is 0 Å². The summed E-state index contributed by atoms with van der Waals surface area (Å²) in [6.45, 7) is 10.5. The van der Waals surface area contributed by atoms with E-state index in [-0.39, 0.29) is 17.9 Å². The third-order valence-electron chi connectivity index (χ3n) is 3.39. The Labute approximate surface area is 121 Å². The second kappa shape index (κ2) is 9.58. The number of carboxylic acid groups (broad SMARTS) is 1. The number of carboxylic acids is 1. The van der Waals surface area contributed by atoms with E-state index in [0.29, 0.717) is 19.6 Å². The van der Waals surface area contributed by atoms with Gasteiger partial charge >= 0.3 is 12.0 Å². The Morgan fingerprint density at radius 1 is 1.15 bits per heavy atom. The third-order valence-corrected chi connectivity index (χ3v) is 3.39. The van der Waals surface area contributed by atoms with Gasteiger partial charge in [-0.05, 0) is 18.8 Å². The molecule has 0 aromatic heterocycles. The molecule has 2 amide bonds. The molecule has 0 aliphatic rings.